The van der Waals surface area contributed by atoms with Gasteiger partial charge in [0, 0.05) is 124 Å². The molecule has 0 N–H and O–H groups in total. The summed E-state index contributed by atoms with van der Waals surface area (Å²) in [4.78, 5) is 0. The average molecular weight is 1520 g/mol. The molecule has 2 aliphatic heterocycles. The second-order valence-corrected chi connectivity index (χ2v) is 33.4. The van der Waals surface area contributed by atoms with Crippen molar-refractivity contribution in [2.45, 2.75) is 276 Å². The number of hydrogen-bond donors (Lipinski definition) is 0. The minimum absolute atomic E-state index is 0. The molecule has 10 nitrogen and oxygen atoms in total. The zero-order chi connectivity index (χ0) is 56.1. The van der Waals surface area contributed by atoms with Crippen molar-refractivity contribution in [3.05, 3.63) is 99.6 Å². The van der Waals surface area contributed by atoms with E-state index in [0.29, 0.717) is 12.1 Å². The molecule has 12 rings (SSSR count). The number of anilines is 2. The summed E-state index contributed by atoms with van der Waals surface area (Å²) < 4.78 is 65.4. The van der Waals surface area contributed by atoms with Gasteiger partial charge in [-0.05, 0) is 178 Å². The molecule has 8 saturated carbocycles. The van der Waals surface area contributed by atoms with Crippen molar-refractivity contribution in [3.8, 4) is 0 Å². The van der Waals surface area contributed by atoms with Gasteiger partial charge < -0.3 is 43.2 Å². The number of hydrogen-bond acceptors (Lipinski definition) is 4. The molecule has 8 fully saturated rings. The van der Waals surface area contributed by atoms with Gasteiger partial charge in [0.05, 0.1) is 25.3 Å². The van der Waals surface area contributed by atoms with Gasteiger partial charge in [0.25, 0.3) is 0 Å². The van der Waals surface area contributed by atoms with Crippen molar-refractivity contribution in [2.75, 3.05) is 22.6 Å². The zero-order valence-electron chi connectivity index (χ0n) is 49.0. The molecule has 2 aromatic rings. The molecule has 0 saturated heterocycles. The van der Waals surface area contributed by atoms with Gasteiger partial charge in [0.15, 0.2) is 0 Å². The van der Waals surface area contributed by atoms with Gasteiger partial charge in [-0.1, -0.05) is 139 Å². The summed E-state index contributed by atoms with van der Waals surface area (Å²) in [5.41, 5.74) is 14.0. The molecule has 20 heteroatoms. The molecule has 84 heavy (non-hydrogen) atoms. The monoisotopic (exact) mass is 1520 g/mol. The summed E-state index contributed by atoms with van der Waals surface area (Å²) in [7, 11) is -0.628. The van der Waals surface area contributed by atoms with Crippen LogP contribution in [-0.4, -0.2) is 70.6 Å². The summed E-state index contributed by atoms with van der Waals surface area (Å²) in [6.07, 6.45) is 49.4. The largest absolute Gasteiger partial charge is 1.00 e. The molecular weight excluding hydrogens is 1430 g/mol. The fourth-order valence-electron chi connectivity index (χ4n) is 15.7. The van der Waals surface area contributed by atoms with Crippen LogP contribution >= 0.6 is 32.4 Å². The predicted octanol–water partition coefficient (Wildman–Crippen LogP) is 11.8. The number of benzene rings is 2. The smallest absolute Gasteiger partial charge is 0.0719 e. The minimum atomic E-state index is -0.233. The van der Waals surface area contributed by atoms with Crippen LogP contribution in [0.3, 0.4) is 0 Å². The summed E-state index contributed by atoms with van der Waals surface area (Å²) in [5.74, 6) is 0. The first kappa shape index (κ1) is 87.1. The number of para-hydroxylation sites is 2. The molecule has 2 radical (unpaired) electrons. The van der Waals surface area contributed by atoms with Gasteiger partial charge in [-0.3, -0.25) is 0 Å². The molecule has 2 atom stereocenters. The van der Waals surface area contributed by atoms with Crippen LogP contribution in [0.5, 0.6) is 0 Å². The molecular formula is C64H90Cl2Cr2N2O8P4Rh2-2. The molecule has 0 amide bonds. The molecule has 0 aromatic heterocycles. The molecule has 0 spiro atoms. The summed E-state index contributed by atoms with van der Waals surface area (Å²) in [6, 6.07) is 20.1. The van der Waals surface area contributed by atoms with E-state index in [9.17, 15) is 0 Å². The third-order valence-electron chi connectivity index (χ3n) is 18.9. The van der Waals surface area contributed by atoms with Crippen molar-refractivity contribution in [1.29, 1.82) is 0 Å². The molecule has 8 aliphatic carbocycles. The maximum Gasteiger partial charge on any atom is 0.0719 e. The van der Waals surface area contributed by atoms with E-state index in [1.807, 2.05) is 0 Å². The van der Waals surface area contributed by atoms with Crippen LogP contribution in [0.4, 0.5) is 11.4 Å². The average Bonchev–Trinajstić information content (AvgIpc) is 4.30. The van der Waals surface area contributed by atoms with Gasteiger partial charge in [-0.25, -0.2) is 0 Å². The van der Waals surface area contributed by atoms with Crippen molar-refractivity contribution in [2.24, 2.45) is 0 Å². The number of fused-ring (bicyclic) bond motifs is 2. The van der Waals surface area contributed by atoms with E-state index >= 15 is 0 Å². The second kappa shape index (κ2) is 50.6. The van der Waals surface area contributed by atoms with Crippen LogP contribution < -0.4 is 34.2 Å². The van der Waals surface area contributed by atoms with Crippen molar-refractivity contribution < 1.29 is 135 Å². The Morgan fingerprint density at radius 3 is 0.738 bits per heavy atom. The van der Waals surface area contributed by atoms with Gasteiger partial charge in [0.1, 0.15) is 0 Å². The zero-order valence-corrected chi connectivity index (χ0v) is 60.0. The fraction of sp³-hybridized carbons (Fsp3) is 0.719. The minimum Gasteiger partial charge on any atom is -1.00 e. The Morgan fingerprint density at radius 2 is 0.524 bits per heavy atom. The van der Waals surface area contributed by atoms with E-state index in [-0.39, 0.29) is 131 Å². The molecule has 10 aliphatic rings. The van der Waals surface area contributed by atoms with Crippen molar-refractivity contribution in [3.63, 3.8) is 0 Å². The molecule has 2 aromatic carbocycles. The van der Waals surface area contributed by atoms with E-state index in [4.69, 9.17) is 37.0 Å². The summed E-state index contributed by atoms with van der Waals surface area (Å²) in [6.45, 7) is 29.0. The number of rotatable bonds is 16. The SMILES string of the molecule is [C-]#[O+].[C-]#[O+].[C-]#[O+].[C-]#[O+].[C-]#[O+].[C-]#[O+].[Cl-].[Cl-].[Cr].[Cr].[Rh].[Rh].c1ccc2c(c1)C[C@@H](COP(C1CCCC1)C1CCCC1)N2P(C1CCCC1)C1CCCC1.c1ccc2c(c1)C[C@@H](COP(C1CCCC1)C1CCCC1)N2P(C1CCCC1)C1CCCC1. The molecule has 2 heterocycles. The van der Waals surface area contributed by atoms with Crippen LogP contribution in [0.1, 0.15) is 217 Å². The normalized spacial score (nSPS) is 21.9. The summed E-state index contributed by atoms with van der Waals surface area (Å²) in [5, 5.41) is 0. The van der Waals surface area contributed by atoms with E-state index in [0.717, 1.165) is 58.5 Å². The Hall–Kier alpha value is 1.01. The van der Waals surface area contributed by atoms with Gasteiger partial charge in [-0.15, -0.1) is 0 Å². The fourth-order valence-corrected chi connectivity index (χ4v) is 30.1. The second-order valence-electron chi connectivity index (χ2n) is 23.2. The van der Waals surface area contributed by atoms with E-state index in [2.05, 4.69) is 97.8 Å². The van der Waals surface area contributed by atoms with Crippen LogP contribution in [0.2, 0.25) is 0 Å². The molecule has 0 bridgehead atoms. The number of halogens is 2. The van der Waals surface area contributed by atoms with Crippen LogP contribution in [0, 0.1) is 39.9 Å². The maximum absolute atomic E-state index is 7.50. The molecule has 470 valence electrons. The maximum atomic E-state index is 7.50. The van der Waals surface area contributed by atoms with Gasteiger partial charge in [-0.2, -0.15) is 0 Å². The quantitative estimate of drug-likeness (QED) is 0.0713. The first-order chi connectivity index (χ1) is 38.8. The third kappa shape index (κ3) is 23.8. The van der Waals surface area contributed by atoms with Crippen molar-refractivity contribution >= 4 is 43.8 Å². The van der Waals surface area contributed by atoms with Crippen LogP contribution in [-0.2, 0) is 123 Å². The Morgan fingerprint density at radius 1 is 0.333 bits per heavy atom. The van der Waals surface area contributed by atoms with E-state index in [1.54, 1.807) is 22.5 Å². The van der Waals surface area contributed by atoms with E-state index < -0.39 is 0 Å². The Bertz CT molecular complexity index is 1890. The van der Waals surface area contributed by atoms with Gasteiger partial charge in [0.2, 0.25) is 0 Å². The summed E-state index contributed by atoms with van der Waals surface area (Å²) >= 11 is 0. The Kier molecular flexibility index (Phi) is 52.4. The standard InChI is InChI=1S/2C29H45NOP2.6CO.2ClH.2Cr.2Rh/c2*1-10-20-29-23(11-1)21-24(22-31-33(27-16-6-7-17-27)28-18-8-9-19-28)30(29)32(25-12-2-3-13-25)26-14-4-5-15-26;6*1-2;;;;;;/h2*1,10-11,20,24-28H,2-9,12-19,21-22H2;;;;;;;2*1H;;;;/p-2/t2*24-;;;;;;;;;;;;/m00............/s1. The Balaban J connectivity index is 0. The number of nitrogens with zero attached hydrogens (tertiary/aromatic N) is 2. The Labute approximate surface area is 572 Å². The van der Waals surface area contributed by atoms with Crippen molar-refractivity contribution in [1.82, 2.24) is 0 Å². The first-order valence-corrected chi connectivity index (χ1v) is 35.8. The third-order valence-corrected chi connectivity index (χ3v) is 31.9. The predicted molar refractivity (Wildman–Crippen MR) is 314 cm³/mol. The van der Waals surface area contributed by atoms with Crippen LogP contribution in [0.15, 0.2) is 48.5 Å². The van der Waals surface area contributed by atoms with Gasteiger partial charge >= 0.3 is 67.8 Å². The van der Waals surface area contributed by atoms with E-state index in [1.165, 1.54) is 218 Å². The van der Waals surface area contributed by atoms with Crippen LogP contribution in [0.25, 0.3) is 0 Å². The topological polar surface area (TPSA) is 144 Å². The molecule has 0 unspecified atom stereocenters. The first-order valence-electron chi connectivity index (χ1n) is 30.1.